The maximum absolute atomic E-state index is 12.5. The molecular weight excluding hydrogens is 252 g/mol. The van der Waals surface area contributed by atoms with Crippen LogP contribution in [0.25, 0.3) is 10.9 Å². The van der Waals surface area contributed by atoms with Gasteiger partial charge in [0.1, 0.15) is 0 Å². The lowest BCUT2D eigenvalue weighted by atomic mass is 9.91. The number of aromatic nitrogens is 1. The lowest BCUT2D eigenvalue weighted by Crippen LogP contribution is -2.23. The highest BCUT2D eigenvalue weighted by atomic mass is 16.1. The van der Waals surface area contributed by atoms with Gasteiger partial charge in [0.15, 0.2) is 17.5 Å². The van der Waals surface area contributed by atoms with E-state index in [-0.39, 0.29) is 12.2 Å². The van der Waals surface area contributed by atoms with Crippen LogP contribution in [-0.4, -0.2) is 16.6 Å². The third kappa shape index (κ3) is 2.35. The highest BCUT2D eigenvalue weighted by molar-refractivity contribution is 6.18. The van der Waals surface area contributed by atoms with Gasteiger partial charge in [-0.25, -0.2) is 0 Å². The number of nitriles is 1. The molecule has 1 heterocycles. The standard InChI is InChI=1S/C16H16N2O2/c1-3-6-14(19)12(9-17)16(20)15-10(2)18-13-8-5-4-7-11(13)15/h4-5,7-8,12,18H,3,6H2,1-2H3/t12-/m1/s1. The molecule has 2 rings (SSSR count). The van der Waals surface area contributed by atoms with Crippen LogP contribution in [0.2, 0.25) is 0 Å². The number of hydrogen-bond donors (Lipinski definition) is 1. The van der Waals surface area contributed by atoms with Gasteiger partial charge >= 0.3 is 0 Å². The van der Waals surface area contributed by atoms with Crippen LogP contribution >= 0.6 is 0 Å². The van der Waals surface area contributed by atoms with Gasteiger partial charge in [-0.05, 0) is 19.4 Å². The molecule has 4 nitrogen and oxygen atoms in total. The Hall–Kier alpha value is -2.41. The number of carbonyl (C=O) groups is 2. The summed E-state index contributed by atoms with van der Waals surface area (Å²) < 4.78 is 0. The minimum Gasteiger partial charge on any atom is -0.358 e. The number of nitrogens with zero attached hydrogens (tertiary/aromatic N) is 1. The van der Waals surface area contributed by atoms with Gasteiger partial charge in [-0.3, -0.25) is 9.59 Å². The van der Waals surface area contributed by atoms with Crippen molar-refractivity contribution < 1.29 is 9.59 Å². The van der Waals surface area contributed by atoms with Crippen LogP contribution in [-0.2, 0) is 4.79 Å². The predicted molar refractivity (Wildman–Crippen MR) is 76.4 cm³/mol. The lowest BCUT2D eigenvalue weighted by Gasteiger charge is -2.07. The summed E-state index contributed by atoms with van der Waals surface area (Å²) in [6.07, 6.45) is 0.891. The molecule has 1 aromatic heterocycles. The zero-order valence-electron chi connectivity index (χ0n) is 11.6. The second-order valence-corrected chi connectivity index (χ2v) is 4.81. The van der Waals surface area contributed by atoms with Gasteiger partial charge in [0.05, 0.1) is 6.07 Å². The number of fused-ring (bicyclic) bond motifs is 1. The van der Waals surface area contributed by atoms with Crippen LogP contribution in [0.4, 0.5) is 0 Å². The van der Waals surface area contributed by atoms with Crippen LogP contribution in [0.1, 0.15) is 35.8 Å². The number of ketones is 2. The van der Waals surface area contributed by atoms with Crippen LogP contribution in [0.3, 0.4) is 0 Å². The summed E-state index contributed by atoms with van der Waals surface area (Å²) in [4.78, 5) is 27.5. The molecule has 0 amide bonds. The smallest absolute Gasteiger partial charge is 0.189 e. The first-order valence-corrected chi connectivity index (χ1v) is 6.64. The molecule has 1 N–H and O–H groups in total. The summed E-state index contributed by atoms with van der Waals surface area (Å²) in [6.45, 7) is 3.64. The summed E-state index contributed by atoms with van der Waals surface area (Å²) in [7, 11) is 0. The Bertz CT molecular complexity index is 707. The largest absolute Gasteiger partial charge is 0.358 e. The molecular formula is C16H16N2O2. The zero-order chi connectivity index (χ0) is 14.7. The molecule has 0 saturated heterocycles. The molecule has 0 aliphatic heterocycles. The van der Waals surface area contributed by atoms with Crippen LogP contribution in [0.5, 0.6) is 0 Å². The monoisotopic (exact) mass is 268 g/mol. The van der Waals surface area contributed by atoms with Crippen molar-refractivity contribution in [1.29, 1.82) is 5.26 Å². The second-order valence-electron chi connectivity index (χ2n) is 4.81. The Morgan fingerprint density at radius 1 is 1.35 bits per heavy atom. The van der Waals surface area contributed by atoms with E-state index in [1.54, 1.807) is 6.92 Å². The summed E-state index contributed by atoms with van der Waals surface area (Å²) in [5, 5.41) is 9.92. The Morgan fingerprint density at radius 2 is 2.05 bits per heavy atom. The molecule has 0 radical (unpaired) electrons. The molecule has 0 aliphatic carbocycles. The van der Waals surface area contributed by atoms with E-state index >= 15 is 0 Å². The fraction of sp³-hybridized carbons (Fsp3) is 0.312. The van der Waals surface area contributed by atoms with Gasteiger partial charge in [0.25, 0.3) is 0 Å². The van der Waals surface area contributed by atoms with E-state index < -0.39 is 11.7 Å². The quantitative estimate of drug-likeness (QED) is 0.668. The van der Waals surface area contributed by atoms with Gasteiger partial charge < -0.3 is 4.98 Å². The average molecular weight is 268 g/mol. The number of aryl methyl sites for hydroxylation is 1. The number of rotatable bonds is 5. The molecule has 0 spiro atoms. The second kappa shape index (κ2) is 5.70. The zero-order valence-corrected chi connectivity index (χ0v) is 11.6. The fourth-order valence-electron chi connectivity index (χ4n) is 2.41. The molecule has 0 saturated carbocycles. The lowest BCUT2D eigenvalue weighted by molar-refractivity contribution is -0.120. The van der Waals surface area contributed by atoms with E-state index in [1.807, 2.05) is 37.3 Å². The number of Topliss-reactive ketones (excluding diaryl/α,β-unsaturated/α-hetero) is 2. The summed E-state index contributed by atoms with van der Waals surface area (Å²) >= 11 is 0. The van der Waals surface area contributed by atoms with E-state index in [4.69, 9.17) is 5.26 Å². The van der Waals surface area contributed by atoms with Crippen molar-refractivity contribution in [3.63, 3.8) is 0 Å². The van der Waals surface area contributed by atoms with Crippen molar-refractivity contribution >= 4 is 22.5 Å². The number of H-pyrrole nitrogens is 1. The minimum atomic E-state index is -1.20. The van der Waals surface area contributed by atoms with Gasteiger partial charge in [0, 0.05) is 28.6 Å². The highest BCUT2D eigenvalue weighted by Gasteiger charge is 2.29. The van der Waals surface area contributed by atoms with Crippen molar-refractivity contribution in [3.05, 3.63) is 35.5 Å². The van der Waals surface area contributed by atoms with Gasteiger partial charge in [0.2, 0.25) is 0 Å². The van der Waals surface area contributed by atoms with E-state index in [0.717, 1.165) is 10.9 Å². The van der Waals surface area contributed by atoms with Crippen LogP contribution in [0.15, 0.2) is 24.3 Å². The molecule has 1 atom stereocenters. The Balaban J connectivity index is 2.48. The Kier molecular flexibility index (Phi) is 3.99. The number of hydrogen-bond acceptors (Lipinski definition) is 3. The van der Waals surface area contributed by atoms with E-state index in [2.05, 4.69) is 4.98 Å². The molecule has 4 heteroatoms. The third-order valence-electron chi connectivity index (χ3n) is 3.35. The minimum absolute atomic E-state index is 0.255. The number of carbonyl (C=O) groups excluding carboxylic acids is 2. The average Bonchev–Trinajstić information content (AvgIpc) is 2.75. The Labute approximate surface area is 117 Å². The summed E-state index contributed by atoms with van der Waals surface area (Å²) in [5.74, 6) is -1.90. The van der Waals surface area contributed by atoms with Crippen molar-refractivity contribution in [3.8, 4) is 6.07 Å². The topological polar surface area (TPSA) is 73.7 Å². The molecule has 20 heavy (non-hydrogen) atoms. The van der Waals surface area contributed by atoms with Crippen LogP contribution in [0, 0.1) is 24.2 Å². The first-order chi connectivity index (χ1) is 9.60. The third-order valence-corrected chi connectivity index (χ3v) is 3.35. The molecule has 1 aromatic carbocycles. The molecule has 0 bridgehead atoms. The number of nitrogens with one attached hydrogen (secondary N) is 1. The molecule has 0 fully saturated rings. The highest BCUT2D eigenvalue weighted by Crippen LogP contribution is 2.25. The molecule has 0 aliphatic rings. The van der Waals surface area contributed by atoms with Crippen molar-refractivity contribution in [2.75, 3.05) is 0 Å². The van der Waals surface area contributed by atoms with Crippen LogP contribution < -0.4 is 0 Å². The molecule has 2 aromatic rings. The fourth-order valence-corrected chi connectivity index (χ4v) is 2.41. The predicted octanol–water partition coefficient (Wildman–Crippen LogP) is 3.17. The van der Waals surface area contributed by atoms with E-state index in [9.17, 15) is 9.59 Å². The summed E-state index contributed by atoms with van der Waals surface area (Å²) in [6, 6.07) is 9.25. The van der Waals surface area contributed by atoms with E-state index in [1.165, 1.54) is 0 Å². The van der Waals surface area contributed by atoms with Gasteiger partial charge in [-0.1, -0.05) is 25.1 Å². The van der Waals surface area contributed by atoms with Gasteiger partial charge in [-0.2, -0.15) is 5.26 Å². The number of para-hydroxylation sites is 1. The van der Waals surface area contributed by atoms with Crippen molar-refractivity contribution in [2.45, 2.75) is 26.7 Å². The Morgan fingerprint density at radius 3 is 2.70 bits per heavy atom. The molecule has 0 unspecified atom stereocenters. The SMILES string of the molecule is CCCC(=O)[C@@H](C#N)C(=O)c1c(C)[nH]c2ccccc12. The normalized spacial score (nSPS) is 12.1. The van der Waals surface area contributed by atoms with Gasteiger partial charge in [-0.15, -0.1) is 0 Å². The maximum Gasteiger partial charge on any atom is 0.189 e. The van der Waals surface area contributed by atoms with Crippen molar-refractivity contribution in [1.82, 2.24) is 4.98 Å². The first-order valence-electron chi connectivity index (χ1n) is 6.64. The number of benzene rings is 1. The maximum atomic E-state index is 12.5. The first kappa shape index (κ1) is 14.0. The summed E-state index contributed by atoms with van der Waals surface area (Å²) in [5.41, 5.74) is 1.99. The number of aromatic amines is 1. The molecule has 102 valence electrons. The van der Waals surface area contributed by atoms with Crippen molar-refractivity contribution in [2.24, 2.45) is 5.92 Å². The van der Waals surface area contributed by atoms with E-state index in [0.29, 0.717) is 17.7 Å².